The summed E-state index contributed by atoms with van der Waals surface area (Å²) in [5.41, 5.74) is 1.36. The van der Waals surface area contributed by atoms with E-state index in [1.807, 2.05) is 51.2 Å². The van der Waals surface area contributed by atoms with Crippen molar-refractivity contribution < 1.29 is 4.79 Å². The SMILES string of the molecule is CC(C)(C)C(=O)Nc1ccc(NCc2cccnc2)nc1. The van der Waals surface area contributed by atoms with Crippen LogP contribution in [0.2, 0.25) is 0 Å². The lowest BCUT2D eigenvalue weighted by Gasteiger charge is -2.17. The second kappa shape index (κ2) is 6.35. The number of carbonyl (C=O) groups excluding carboxylic acids is 1. The molecule has 0 aliphatic heterocycles. The first-order valence-corrected chi connectivity index (χ1v) is 6.85. The number of amides is 1. The Kier molecular flexibility index (Phi) is 4.52. The van der Waals surface area contributed by atoms with Crippen molar-refractivity contribution in [1.29, 1.82) is 0 Å². The van der Waals surface area contributed by atoms with Gasteiger partial charge in [-0.25, -0.2) is 4.98 Å². The Morgan fingerprint density at radius 2 is 2.00 bits per heavy atom. The number of aromatic nitrogens is 2. The van der Waals surface area contributed by atoms with Crippen molar-refractivity contribution in [1.82, 2.24) is 9.97 Å². The minimum absolute atomic E-state index is 0.0274. The maximum Gasteiger partial charge on any atom is 0.229 e. The van der Waals surface area contributed by atoms with Gasteiger partial charge in [0.2, 0.25) is 5.91 Å². The van der Waals surface area contributed by atoms with E-state index in [1.165, 1.54) is 0 Å². The lowest BCUT2D eigenvalue weighted by atomic mass is 9.96. The minimum atomic E-state index is -0.419. The van der Waals surface area contributed by atoms with Gasteiger partial charge in [-0.1, -0.05) is 26.8 Å². The number of hydrogen-bond acceptors (Lipinski definition) is 4. The largest absolute Gasteiger partial charge is 0.366 e. The molecule has 5 nitrogen and oxygen atoms in total. The Morgan fingerprint density at radius 1 is 1.19 bits per heavy atom. The first kappa shape index (κ1) is 15.0. The molecule has 0 radical (unpaired) electrons. The lowest BCUT2D eigenvalue weighted by Crippen LogP contribution is -2.27. The van der Waals surface area contributed by atoms with E-state index in [4.69, 9.17) is 0 Å². The molecule has 0 saturated heterocycles. The monoisotopic (exact) mass is 284 g/mol. The van der Waals surface area contributed by atoms with E-state index < -0.39 is 5.41 Å². The molecule has 1 amide bonds. The first-order valence-electron chi connectivity index (χ1n) is 6.85. The van der Waals surface area contributed by atoms with Gasteiger partial charge in [0.15, 0.2) is 0 Å². The Hall–Kier alpha value is -2.43. The van der Waals surface area contributed by atoms with E-state index >= 15 is 0 Å². The summed E-state index contributed by atoms with van der Waals surface area (Å²) in [5.74, 6) is 0.730. The van der Waals surface area contributed by atoms with Gasteiger partial charge in [0.1, 0.15) is 5.82 Å². The zero-order valence-electron chi connectivity index (χ0n) is 12.6. The Bertz CT molecular complexity index is 588. The second-order valence-electron chi connectivity index (χ2n) is 5.85. The average molecular weight is 284 g/mol. The number of carbonyl (C=O) groups is 1. The van der Waals surface area contributed by atoms with E-state index in [9.17, 15) is 4.79 Å². The maximum atomic E-state index is 11.9. The number of nitrogens with one attached hydrogen (secondary N) is 2. The molecule has 2 rings (SSSR count). The van der Waals surface area contributed by atoms with E-state index in [1.54, 1.807) is 12.4 Å². The van der Waals surface area contributed by atoms with E-state index in [0.717, 1.165) is 11.4 Å². The molecule has 0 unspecified atom stereocenters. The number of hydrogen-bond donors (Lipinski definition) is 2. The van der Waals surface area contributed by atoms with Gasteiger partial charge in [-0.3, -0.25) is 9.78 Å². The van der Waals surface area contributed by atoms with Crippen LogP contribution in [0.25, 0.3) is 0 Å². The van der Waals surface area contributed by atoms with E-state index in [2.05, 4.69) is 20.6 Å². The number of anilines is 2. The number of nitrogens with zero attached hydrogens (tertiary/aromatic N) is 2. The third kappa shape index (κ3) is 4.56. The molecular formula is C16H20N4O. The quantitative estimate of drug-likeness (QED) is 0.905. The zero-order valence-corrected chi connectivity index (χ0v) is 12.6. The summed E-state index contributed by atoms with van der Waals surface area (Å²) in [7, 11) is 0. The number of rotatable bonds is 4. The molecule has 0 saturated carbocycles. The fourth-order valence-electron chi connectivity index (χ4n) is 1.59. The van der Waals surface area contributed by atoms with Crippen molar-refractivity contribution in [2.75, 3.05) is 10.6 Å². The van der Waals surface area contributed by atoms with E-state index in [-0.39, 0.29) is 5.91 Å². The molecule has 0 aliphatic carbocycles. The van der Waals surface area contributed by atoms with Crippen LogP contribution in [0.15, 0.2) is 42.9 Å². The zero-order chi connectivity index (χ0) is 15.3. The fraction of sp³-hybridized carbons (Fsp3) is 0.312. The highest BCUT2D eigenvalue weighted by Crippen LogP contribution is 2.17. The van der Waals surface area contributed by atoms with Crippen LogP contribution >= 0.6 is 0 Å². The van der Waals surface area contributed by atoms with Crippen LogP contribution in [0.1, 0.15) is 26.3 Å². The molecule has 2 N–H and O–H groups in total. The van der Waals surface area contributed by atoms with Gasteiger partial charge >= 0.3 is 0 Å². The molecule has 0 bridgehead atoms. The van der Waals surface area contributed by atoms with Crippen molar-refractivity contribution in [2.45, 2.75) is 27.3 Å². The summed E-state index contributed by atoms with van der Waals surface area (Å²) in [4.78, 5) is 20.2. The fourth-order valence-corrected chi connectivity index (χ4v) is 1.59. The van der Waals surface area contributed by atoms with Gasteiger partial charge in [0.25, 0.3) is 0 Å². The van der Waals surface area contributed by atoms with Gasteiger partial charge in [0, 0.05) is 24.4 Å². The normalized spacial score (nSPS) is 11.0. The molecule has 2 aromatic heterocycles. The Morgan fingerprint density at radius 3 is 2.57 bits per heavy atom. The molecule has 0 aromatic carbocycles. The highest BCUT2D eigenvalue weighted by Gasteiger charge is 2.21. The molecule has 2 aromatic rings. The smallest absolute Gasteiger partial charge is 0.229 e. The van der Waals surface area contributed by atoms with Gasteiger partial charge in [-0.15, -0.1) is 0 Å². The molecule has 21 heavy (non-hydrogen) atoms. The topological polar surface area (TPSA) is 66.9 Å². The maximum absolute atomic E-state index is 11.9. The molecule has 5 heteroatoms. The molecule has 0 spiro atoms. The summed E-state index contributed by atoms with van der Waals surface area (Å²) in [6, 6.07) is 7.57. The van der Waals surface area contributed by atoms with Crippen LogP contribution in [0.4, 0.5) is 11.5 Å². The summed E-state index contributed by atoms with van der Waals surface area (Å²) in [5, 5.41) is 6.05. The number of pyridine rings is 2. The molecule has 2 heterocycles. The van der Waals surface area contributed by atoms with Crippen molar-refractivity contribution in [3.05, 3.63) is 48.4 Å². The summed E-state index contributed by atoms with van der Waals surface area (Å²) < 4.78 is 0. The van der Waals surface area contributed by atoms with Crippen molar-refractivity contribution in [2.24, 2.45) is 5.41 Å². The van der Waals surface area contributed by atoms with Crippen molar-refractivity contribution >= 4 is 17.4 Å². The van der Waals surface area contributed by atoms with Crippen LogP contribution in [0.5, 0.6) is 0 Å². The standard InChI is InChI=1S/C16H20N4O/c1-16(2,3)15(21)20-13-6-7-14(19-11-13)18-10-12-5-4-8-17-9-12/h4-9,11H,10H2,1-3H3,(H,18,19)(H,20,21). The van der Waals surface area contributed by atoms with Crippen LogP contribution < -0.4 is 10.6 Å². The minimum Gasteiger partial charge on any atom is -0.366 e. The molecule has 0 atom stereocenters. The summed E-state index contributed by atoms with van der Waals surface area (Å²) in [6.07, 6.45) is 5.20. The van der Waals surface area contributed by atoms with Crippen molar-refractivity contribution in [3.63, 3.8) is 0 Å². The van der Waals surface area contributed by atoms with Crippen LogP contribution in [0.3, 0.4) is 0 Å². The van der Waals surface area contributed by atoms with Crippen LogP contribution in [-0.2, 0) is 11.3 Å². The average Bonchev–Trinajstić information content (AvgIpc) is 2.46. The second-order valence-corrected chi connectivity index (χ2v) is 5.85. The highest BCUT2D eigenvalue weighted by atomic mass is 16.2. The highest BCUT2D eigenvalue weighted by molar-refractivity contribution is 5.94. The van der Waals surface area contributed by atoms with Crippen molar-refractivity contribution in [3.8, 4) is 0 Å². The molecular weight excluding hydrogens is 264 g/mol. The van der Waals surface area contributed by atoms with Gasteiger partial charge in [-0.2, -0.15) is 0 Å². The predicted octanol–water partition coefficient (Wildman–Crippen LogP) is 3.07. The third-order valence-corrected chi connectivity index (χ3v) is 2.90. The molecule has 0 aliphatic rings. The van der Waals surface area contributed by atoms with Gasteiger partial charge < -0.3 is 10.6 Å². The van der Waals surface area contributed by atoms with Gasteiger partial charge in [-0.05, 0) is 23.8 Å². The Balaban J connectivity index is 1.92. The summed E-state index contributed by atoms with van der Waals surface area (Å²) >= 11 is 0. The van der Waals surface area contributed by atoms with E-state index in [0.29, 0.717) is 12.2 Å². The lowest BCUT2D eigenvalue weighted by molar-refractivity contribution is -0.123. The van der Waals surface area contributed by atoms with Crippen LogP contribution in [-0.4, -0.2) is 15.9 Å². The Labute approximate surface area is 124 Å². The van der Waals surface area contributed by atoms with Crippen LogP contribution in [0, 0.1) is 5.41 Å². The first-order chi connectivity index (χ1) is 9.95. The molecule has 110 valence electrons. The molecule has 0 fully saturated rings. The van der Waals surface area contributed by atoms with Gasteiger partial charge in [0.05, 0.1) is 11.9 Å². The predicted molar refractivity (Wildman–Crippen MR) is 83.9 cm³/mol. The third-order valence-electron chi connectivity index (χ3n) is 2.90. The summed E-state index contributed by atoms with van der Waals surface area (Å²) in [6.45, 7) is 6.29.